The van der Waals surface area contributed by atoms with Crippen LogP contribution in [0.5, 0.6) is 5.88 Å². The fourth-order valence-electron chi connectivity index (χ4n) is 2.51. The van der Waals surface area contributed by atoms with Crippen LogP contribution < -0.4 is 9.64 Å². The van der Waals surface area contributed by atoms with Crippen LogP contribution in [0.2, 0.25) is 0 Å². The van der Waals surface area contributed by atoms with E-state index in [0.29, 0.717) is 5.88 Å². The van der Waals surface area contributed by atoms with Crippen molar-refractivity contribution in [2.24, 2.45) is 5.92 Å². The largest absolute Gasteiger partial charge is 0.480 e. The summed E-state index contributed by atoms with van der Waals surface area (Å²) in [6.07, 6.45) is 8.53. The van der Waals surface area contributed by atoms with Crippen LogP contribution in [0.15, 0.2) is 10.7 Å². The molecule has 1 aromatic heterocycles. The van der Waals surface area contributed by atoms with E-state index in [0.717, 1.165) is 22.9 Å². The van der Waals surface area contributed by atoms with Crippen molar-refractivity contribution in [1.82, 2.24) is 9.97 Å². The van der Waals surface area contributed by atoms with Gasteiger partial charge in [0.2, 0.25) is 11.8 Å². The van der Waals surface area contributed by atoms with Gasteiger partial charge in [-0.25, -0.2) is 4.98 Å². The summed E-state index contributed by atoms with van der Waals surface area (Å²) in [5.41, 5.74) is 0. The van der Waals surface area contributed by atoms with Gasteiger partial charge in [0.05, 0.1) is 17.8 Å². The maximum Gasteiger partial charge on any atom is 0.232 e. The summed E-state index contributed by atoms with van der Waals surface area (Å²) >= 11 is 3.37. The summed E-state index contributed by atoms with van der Waals surface area (Å²) in [6.45, 7) is 1.03. The molecule has 1 aliphatic carbocycles. The van der Waals surface area contributed by atoms with Gasteiger partial charge in [0, 0.05) is 13.6 Å². The summed E-state index contributed by atoms with van der Waals surface area (Å²) in [5.74, 6) is 2.11. The zero-order valence-electron chi connectivity index (χ0n) is 11.0. The van der Waals surface area contributed by atoms with Crippen molar-refractivity contribution >= 4 is 21.9 Å². The van der Waals surface area contributed by atoms with E-state index in [9.17, 15) is 0 Å². The highest BCUT2D eigenvalue weighted by atomic mass is 79.9. The Morgan fingerprint density at radius 3 is 2.78 bits per heavy atom. The highest BCUT2D eigenvalue weighted by Crippen LogP contribution is 2.26. The minimum atomic E-state index is 0.593. The molecular formula is C13H20BrN3O. The average molecular weight is 314 g/mol. The first-order valence-electron chi connectivity index (χ1n) is 6.48. The quantitative estimate of drug-likeness (QED) is 0.855. The maximum atomic E-state index is 5.20. The van der Waals surface area contributed by atoms with E-state index in [-0.39, 0.29) is 0 Å². The molecule has 0 N–H and O–H groups in total. The van der Waals surface area contributed by atoms with Crippen LogP contribution in [0.1, 0.15) is 32.1 Å². The van der Waals surface area contributed by atoms with E-state index >= 15 is 0 Å². The predicted molar refractivity (Wildman–Crippen MR) is 76.1 cm³/mol. The zero-order valence-corrected chi connectivity index (χ0v) is 12.6. The number of hydrogen-bond donors (Lipinski definition) is 0. The molecule has 2 rings (SSSR count). The molecule has 0 amide bonds. The van der Waals surface area contributed by atoms with Crippen LogP contribution in [0.3, 0.4) is 0 Å². The smallest absolute Gasteiger partial charge is 0.232 e. The Hall–Kier alpha value is -0.840. The number of aromatic nitrogens is 2. The molecule has 0 aromatic carbocycles. The highest BCUT2D eigenvalue weighted by Gasteiger charge is 2.17. The Kier molecular flexibility index (Phi) is 4.80. The predicted octanol–water partition coefficient (Wildman–Crippen LogP) is 3.26. The van der Waals surface area contributed by atoms with E-state index in [2.05, 4.69) is 37.8 Å². The molecule has 1 aromatic rings. The first-order valence-corrected chi connectivity index (χ1v) is 7.27. The second kappa shape index (κ2) is 6.36. The molecule has 1 heterocycles. The van der Waals surface area contributed by atoms with Gasteiger partial charge in [0.25, 0.3) is 0 Å². The van der Waals surface area contributed by atoms with Crippen LogP contribution in [0, 0.1) is 5.92 Å². The lowest BCUT2D eigenvalue weighted by Crippen LogP contribution is -2.28. The van der Waals surface area contributed by atoms with E-state index in [1.807, 2.05) is 0 Å². The fraction of sp³-hybridized carbons (Fsp3) is 0.692. The summed E-state index contributed by atoms with van der Waals surface area (Å²) < 4.78 is 5.99. The second-order valence-corrected chi connectivity index (χ2v) is 5.77. The Morgan fingerprint density at radius 1 is 1.39 bits per heavy atom. The lowest BCUT2D eigenvalue weighted by atomic mass is 9.89. The molecule has 100 valence electrons. The normalized spacial score (nSPS) is 16.6. The minimum Gasteiger partial charge on any atom is -0.480 e. The van der Waals surface area contributed by atoms with Crippen molar-refractivity contribution in [2.75, 3.05) is 25.6 Å². The molecule has 0 atom stereocenters. The van der Waals surface area contributed by atoms with Gasteiger partial charge in [-0.3, -0.25) is 0 Å². The van der Waals surface area contributed by atoms with E-state index < -0.39 is 0 Å². The number of hydrogen-bond acceptors (Lipinski definition) is 4. The Labute approximate surface area is 117 Å². The van der Waals surface area contributed by atoms with Gasteiger partial charge < -0.3 is 9.64 Å². The Bertz CT molecular complexity index is 394. The molecule has 0 spiro atoms. The summed E-state index contributed by atoms with van der Waals surface area (Å²) in [5, 5.41) is 0. The minimum absolute atomic E-state index is 0.593. The molecule has 1 fully saturated rings. The number of nitrogens with zero attached hydrogens (tertiary/aromatic N) is 3. The van der Waals surface area contributed by atoms with Crippen LogP contribution in [-0.4, -0.2) is 30.7 Å². The molecule has 0 radical (unpaired) electrons. The van der Waals surface area contributed by atoms with Gasteiger partial charge in [-0.15, -0.1) is 0 Å². The molecule has 5 heteroatoms. The number of ether oxygens (including phenoxy) is 1. The molecule has 1 saturated carbocycles. The fourth-order valence-corrected chi connectivity index (χ4v) is 2.86. The van der Waals surface area contributed by atoms with Crippen LogP contribution in [-0.2, 0) is 0 Å². The third-order valence-corrected chi connectivity index (χ3v) is 4.03. The zero-order chi connectivity index (χ0) is 13.0. The van der Waals surface area contributed by atoms with Crippen molar-refractivity contribution in [3.63, 3.8) is 0 Å². The first-order chi connectivity index (χ1) is 8.70. The van der Waals surface area contributed by atoms with Crippen molar-refractivity contribution in [3.8, 4) is 5.88 Å². The number of halogens is 1. The SMILES string of the molecule is COc1nc(N(C)CC2CCCCC2)ncc1Br. The topological polar surface area (TPSA) is 38.2 Å². The van der Waals surface area contributed by atoms with Crippen LogP contribution in [0.4, 0.5) is 5.95 Å². The van der Waals surface area contributed by atoms with Crippen molar-refractivity contribution < 1.29 is 4.74 Å². The molecule has 0 saturated heterocycles. The summed E-state index contributed by atoms with van der Waals surface area (Å²) in [7, 11) is 3.68. The maximum absolute atomic E-state index is 5.20. The molecule has 18 heavy (non-hydrogen) atoms. The van der Waals surface area contributed by atoms with Gasteiger partial charge in [0.1, 0.15) is 0 Å². The van der Waals surface area contributed by atoms with Crippen LogP contribution >= 0.6 is 15.9 Å². The van der Waals surface area contributed by atoms with E-state index in [1.54, 1.807) is 13.3 Å². The monoisotopic (exact) mass is 313 g/mol. The lowest BCUT2D eigenvalue weighted by Gasteiger charge is -2.27. The van der Waals surface area contributed by atoms with E-state index in [4.69, 9.17) is 4.74 Å². The molecule has 0 unspecified atom stereocenters. The summed E-state index contributed by atoms with van der Waals surface area (Å²) in [4.78, 5) is 10.9. The van der Waals surface area contributed by atoms with Crippen molar-refractivity contribution in [2.45, 2.75) is 32.1 Å². The number of rotatable bonds is 4. The average Bonchev–Trinajstić information content (AvgIpc) is 2.40. The molecule has 4 nitrogen and oxygen atoms in total. The third-order valence-electron chi connectivity index (χ3n) is 3.49. The highest BCUT2D eigenvalue weighted by molar-refractivity contribution is 9.10. The van der Waals surface area contributed by atoms with Gasteiger partial charge in [0.15, 0.2) is 0 Å². The van der Waals surface area contributed by atoms with Crippen LogP contribution in [0.25, 0.3) is 0 Å². The van der Waals surface area contributed by atoms with E-state index in [1.165, 1.54) is 32.1 Å². The first kappa shape index (κ1) is 13.6. The molecule has 0 aliphatic heterocycles. The van der Waals surface area contributed by atoms with Crippen molar-refractivity contribution in [1.29, 1.82) is 0 Å². The standard InChI is InChI=1S/C13H20BrN3O/c1-17(9-10-6-4-3-5-7-10)13-15-8-11(14)12(16-13)18-2/h8,10H,3-7,9H2,1-2H3. The van der Waals surface area contributed by atoms with Gasteiger partial charge in [-0.2, -0.15) is 4.98 Å². The lowest BCUT2D eigenvalue weighted by molar-refractivity contribution is 0.359. The Balaban J connectivity index is 2.01. The van der Waals surface area contributed by atoms with Gasteiger partial charge in [-0.05, 0) is 34.7 Å². The summed E-state index contributed by atoms with van der Waals surface area (Å²) in [6, 6.07) is 0. The molecular weight excluding hydrogens is 294 g/mol. The van der Waals surface area contributed by atoms with Gasteiger partial charge in [-0.1, -0.05) is 19.3 Å². The molecule has 0 bridgehead atoms. The van der Waals surface area contributed by atoms with Gasteiger partial charge >= 0.3 is 0 Å². The number of anilines is 1. The molecule has 1 aliphatic rings. The van der Waals surface area contributed by atoms with Crippen molar-refractivity contribution in [3.05, 3.63) is 10.7 Å². The second-order valence-electron chi connectivity index (χ2n) is 4.91. The number of methoxy groups -OCH3 is 1. The third kappa shape index (κ3) is 3.34. The Morgan fingerprint density at radius 2 is 2.11 bits per heavy atom.